The Labute approximate surface area is 206 Å². The number of likely N-dealkylation sites (tertiary alicyclic amines) is 1. The van der Waals surface area contributed by atoms with E-state index in [4.69, 9.17) is 0 Å². The fourth-order valence-electron chi connectivity index (χ4n) is 5.14. The van der Waals surface area contributed by atoms with Crippen molar-refractivity contribution in [2.75, 3.05) is 11.9 Å². The second-order valence-corrected chi connectivity index (χ2v) is 9.01. The summed E-state index contributed by atoms with van der Waals surface area (Å²) in [6, 6.07) is 16.2. The summed E-state index contributed by atoms with van der Waals surface area (Å²) in [5, 5.41) is 7.51. The third-order valence-electron chi connectivity index (χ3n) is 6.83. The molecular formula is C27H23FN6O2. The number of carbonyl (C=O) groups is 2. The summed E-state index contributed by atoms with van der Waals surface area (Å²) >= 11 is 0. The van der Waals surface area contributed by atoms with Crippen LogP contribution in [0.2, 0.25) is 0 Å². The van der Waals surface area contributed by atoms with Crippen molar-refractivity contribution in [2.24, 2.45) is 7.05 Å². The predicted octanol–water partition coefficient (Wildman–Crippen LogP) is 4.57. The molecular weight excluding hydrogens is 459 g/mol. The molecule has 2 aromatic carbocycles. The Bertz CT molecular complexity index is 1640. The molecule has 3 aromatic heterocycles. The van der Waals surface area contributed by atoms with Gasteiger partial charge in [-0.05, 0) is 65.9 Å². The Kier molecular flexibility index (Phi) is 5.25. The van der Waals surface area contributed by atoms with E-state index in [9.17, 15) is 14.0 Å². The van der Waals surface area contributed by atoms with Gasteiger partial charge in [-0.15, -0.1) is 5.10 Å². The van der Waals surface area contributed by atoms with Crippen LogP contribution < -0.4 is 5.32 Å². The van der Waals surface area contributed by atoms with Crippen LogP contribution >= 0.6 is 0 Å². The molecule has 1 N–H and O–H groups in total. The Balaban J connectivity index is 1.38. The highest BCUT2D eigenvalue weighted by Crippen LogP contribution is 2.36. The largest absolute Gasteiger partial charge is 0.350 e. The van der Waals surface area contributed by atoms with Gasteiger partial charge in [0.25, 0.3) is 5.91 Å². The van der Waals surface area contributed by atoms with E-state index in [1.807, 2.05) is 59.1 Å². The topological polar surface area (TPSA) is 84.5 Å². The summed E-state index contributed by atoms with van der Waals surface area (Å²) in [4.78, 5) is 30.7. The van der Waals surface area contributed by atoms with Crippen molar-refractivity contribution in [3.63, 3.8) is 0 Å². The van der Waals surface area contributed by atoms with Crippen molar-refractivity contribution in [1.29, 1.82) is 0 Å². The van der Waals surface area contributed by atoms with Gasteiger partial charge < -0.3 is 9.47 Å². The minimum Gasteiger partial charge on any atom is -0.350 e. The highest BCUT2D eigenvalue weighted by Gasteiger charge is 2.32. The maximum Gasteiger partial charge on any atom is 0.256 e. The van der Waals surface area contributed by atoms with Gasteiger partial charge in [0, 0.05) is 36.9 Å². The molecule has 0 spiro atoms. The van der Waals surface area contributed by atoms with Crippen molar-refractivity contribution in [1.82, 2.24) is 24.1 Å². The lowest BCUT2D eigenvalue weighted by Gasteiger charge is -2.25. The number of nitrogens with zero attached hydrogens (tertiary/aromatic N) is 5. The smallest absolute Gasteiger partial charge is 0.256 e. The number of amides is 2. The fraction of sp³-hybridized carbons (Fsp3) is 0.185. The summed E-state index contributed by atoms with van der Waals surface area (Å²) < 4.78 is 17.4. The first-order valence-corrected chi connectivity index (χ1v) is 11.7. The van der Waals surface area contributed by atoms with E-state index in [2.05, 4.69) is 15.4 Å². The number of fused-ring (bicyclic) bond motifs is 2. The highest BCUT2D eigenvalue weighted by atomic mass is 19.1. The number of anilines is 1. The zero-order valence-electron chi connectivity index (χ0n) is 19.6. The molecule has 5 aromatic rings. The van der Waals surface area contributed by atoms with Crippen LogP contribution in [0.3, 0.4) is 0 Å². The van der Waals surface area contributed by atoms with E-state index in [0.717, 1.165) is 40.4 Å². The van der Waals surface area contributed by atoms with E-state index in [1.165, 1.54) is 12.1 Å². The lowest BCUT2D eigenvalue weighted by atomic mass is 10.0. The average Bonchev–Trinajstić information content (AvgIpc) is 3.60. The Morgan fingerprint density at radius 2 is 2.00 bits per heavy atom. The van der Waals surface area contributed by atoms with E-state index < -0.39 is 0 Å². The molecule has 4 heterocycles. The average molecular weight is 483 g/mol. The molecule has 180 valence electrons. The highest BCUT2D eigenvalue weighted by molar-refractivity contribution is 6.08. The van der Waals surface area contributed by atoms with Crippen LogP contribution in [0.25, 0.3) is 27.7 Å². The van der Waals surface area contributed by atoms with Crippen molar-refractivity contribution in [3.8, 4) is 11.1 Å². The fourth-order valence-corrected chi connectivity index (χ4v) is 5.14. The molecule has 2 amide bonds. The van der Waals surface area contributed by atoms with Crippen molar-refractivity contribution in [2.45, 2.75) is 18.9 Å². The summed E-state index contributed by atoms with van der Waals surface area (Å²) in [6.45, 7) is 0.636. The first kappa shape index (κ1) is 22.0. The molecule has 8 nitrogen and oxygen atoms in total. The van der Waals surface area contributed by atoms with Crippen molar-refractivity contribution >= 4 is 34.8 Å². The monoisotopic (exact) mass is 482 g/mol. The molecule has 1 atom stereocenters. The maximum absolute atomic E-state index is 13.9. The second kappa shape index (κ2) is 8.60. The lowest BCUT2D eigenvalue weighted by Crippen LogP contribution is -2.30. The number of carbonyl (C=O) groups excluding carboxylic acids is 2. The Hall–Kier alpha value is -4.53. The van der Waals surface area contributed by atoms with E-state index in [0.29, 0.717) is 24.2 Å². The minimum atomic E-state index is -0.291. The third kappa shape index (κ3) is 3.69. The van der Waals surface area contributed by atoms with Crippen molar-refractivity contribution < 1.29 is 14.0 Å². The van der Waals surface area contributed by atoms with Gasteiger partial charge in [0.1, 0.15) is 5.82 Å². The summed E-state index contributed by atoms with van der Waals surface area (Å²) in [6.07, 6.45) is 5.88. The van der Waals surface area contributed by atoms with Crippen LogP contribution in [0.15, 0.2) is 67.0 Å². The number of nitrogens with one attached hydrogen (secondary N) is 1. The van der Waals surface area contributed by atoms with E-state index in [-0.39, 0.29) is 23.7 Å². The van der Waals surface area contributed by atoms with E-state index >= 15 is 0 Å². The molecule has 1 aliphatic heterocycles. The molecule has 6 rings (SSSR count). The van der Waals surface area contributed by atoms with Crippen LogP contribution in [0.4, 0.5) is 10.3 Å². The number of aryl methyl sites for hydroxylation is 1. The molecule has 1 aliphatic rings. The molecule has 0 aliphatic carbocycles. The van der Waals surface area contributed by atoms with Crippen LogP contribution in [0.5, 0.6) is 0 Å². The zero-order chi connectivity index (χ0) is 24.8. The van der Waals surface area contributed by atoms with Crippen LogP contribution in [0.1, 0.15) is 34.8 Å². The number of benzene rings is 2. The molecule has 1 saturated heterocycles. The number of hydrogen-bond acceptors (Lipinski definition) is 4. The van der Waals surface area contributed by atoms with E-state index in [1.54, 1.807) is 16.8 Å². The van der Waals surface area contributed by atoms with Gasteiger partial charge in [0.05, 0.1) is 11.6 Å². The summed E-state index contributed by atoms with van der Waals surface area (Å²) in [5.41, 5.74) is 4.84. The second-order valence-electron chi connectivity index (χ2n) is 9.01. The SMILES string of the molecule is Cn1cc(C(=O)N2CCCC2c2cccc(F)c2)c2cc(-c3ccn4nc(NC=O)nc4c3)ccc21. The first-order chi connectivity index (χ1) is 17.5. The summed E-state index contributed by atoms with van der Waals surface area (Å²) in [5.74, 6) is -0.116. The van der Waals surface area contributed by atoms with Crippen molar-refractivity contribution in [3.05, 3.63) is 83.9 Å². The normalized spacial score (nSPS) is 15.6. The van der Waals surface area contributed by atoms with Crippen LogP contribution in [-0.4, -0.2) is 42.9 Å². The zero-order valence-corrected chi connectivity index (χ0v) is 19.6. The van der Waals surface area contributed by atoms with Crippen LogP contribution in [-0.2, 0) is 11.8 Å². The molecule has 0 bridgehead atoms. The number of hydrogen-bond donors (Lipinski definition) is 1. The predicted molar refractivity (Wildman–Crippen MR) is 134 cm³/mol. The van der Waals surface area contributed by atoms with Gasteiger partial charge >= 0.3 is 0 Å². The molecule has 1 fully saturated rings. The minimum absolute atomic E-state index is 0.0537. The van der Waals surface area contributed by atoms with Gasteiger partial charge in [-0.3, -0.25) is 14.9 Å². The molecule has 9 heteroatoms. The maximum atomic E-state index is 13.9. The lowest BCUT2D eigenvalue weighted by molar-refractivity contribution is -0.105. The number of halogens is 1. The van der Waals surface area contributed by atoms with Crippen LogP contribution in [0, 0.1) is 5.82 Å². The Morgan fingerprint density at radius 1 is 1.14 bits per heavy atom. The molecule has 36 heavy (non-hydrogen) atoms. The molecule has 0 radical (unpaired) electrons. The van der Waals surface area contributed by atoms with Gasteiger partial charge in [-0.2, -0.15) is 4.98 Å². The van der Waals surface area contributed by atoms with Gasteiger partial charge in [0.2, 0.25) is 12.4 Å². The molecule has 1 unspecified atom stereocenters. The van der Waals surface area contributed by atoms with Gasteiger partial charge in [-0.25, -0.2) is 8.91 Å². The third-order valence-corrected chi connectivity index (χ3v) is 6.83. The summed E-state index contributed by atoms with van der Waals surface area (Å²) in [7, 11) is 1.93. The standard InChI is InChI=1S/C27H23FN6O2/c1-32-15-22(26(36)33-10-3-6-23(33)19-4-2-5-20(28)12-19)21-13-17(7-8-24(21)32)18-9-11-34-25(14-18)30-27(31-34)29-16-35/h2,4-5,7-9,11-16,23H,3,6,10H2,1H3,(H,29,31,35). The first-order valence-electron chi connectivity index (χ1n) is 11.7. The number of aromatic nitrogens is 4. The number of pyridine rings is 1. The Morgan fingerprint density at radius 3 is 2.83 bits per heavy atom. The van der Waals surface area contributed by atoms with Gasteiger partial charge in [-0.1, -0.05) is 18.2 Å². The molecule has 0 saturated carbocycles. The van der Waals surface area contributed by atoms with Gasteiger partial charge in [0.15, 0.2) is 5.65 Å². The number of rotatable bonds is 5. The quantitative estimate of drug-likeness (QED) is 0.372.